The summed E-state index contributed by atoms with van der Waals surface area (Å²) in [5.74, 6) is 0.469. The van der Waals surface area contributed by atoms with E-state index in [-0.39, 0.29) is 23.4 Å². The van der Waals surface area contributed by atoms with Gasteiger partial charge in [-0.2, -0.15) is 4.37 Å². The number of carbonyl (C=O) groups excluding carboxylic acids is 1. The van der Waals surface area contributed by atoms with Gasteiger partial charge in [-0.3, -0.25) is 19.3 Å². The number of unbranched alkanes of at least 4 members (excludes halogenated alkanes) is 3. The van der Waals surface area contributed by atoms with Gasteiger partial charge in [-0.25, -0.2) is 18.1 Å². The van der Waals surface area contributed by atoms with Crippen molar-refractivity contribution in [3.63, 3.8) is 0 Å². The van der Waals surface area contributed by atoms with Crippen molar-refractivity contribution < 1.29 is 18.1 Å². The van der Waals surface area contributed by atoms with E-state index in [1.54, 1.807) is 10.6 Å². The molecule has 1 aliphatic carbocycles. The molecule has 3 N–H and O–H groups in total. The molecular formula is C20H25N7O5S2. The SMILES string of the molecule is O=C(NC1CC1)c1cn2c(NCCCCCCNS(=O)(=O)c3ccccc3[N+](=O)[O-])nsc2n1. The van der Waals surface area contributed by atoms with E-state index in [0.29, 0.717) is 29.6 Å². The van der Waals surface area contributed by atoms with Crippen LogP contribution in [0.2, 0.25) is 0 Å². The molecule has 2 heterocycles. The van der Waals surface area contributed by atoms with Gasteiger partial charge in [-0.05, 0) is 31.7 Å². The van der Waals surface area contributed by atoms with Crippen molar-refractivity contribution >= 4 is 44.1 Å². The molecule has 1 aliphatic rings. The van der Waals surface area contributed by atoms with Crippen molar-refractivity contribution in [1.29, 1.82) is 0 Å². The zero-order valence-corrected chi connectivity index (χ0v) is 19.9. The summed E-state index contributed by atoms with van der Waals surface area (Å²) in [4.78, 5) is 27.1. The van der Waals surface area contributed by atoms with Gasteiger partial charge < -0.3 is 10.6 Å². The Balaban J connectivity index is 1.16. The first-order valence-corrected chi connectivity index (χ1v) is 13.2. The molecule has 2 aromatic heterocycles. The number of rotatable bonds is 13. The summed E-state index contributed by atoms with van der Waals surface area (Å²) >= 11 is 1.22. The van der Waals surface area contributed by atoms with Crippen molar-refractivity contribution in [3.8, 4) is 0 Å². The van der Waals surface area contributed by atoms with Crippen molar-refractivity contribution in [3.05, 3.63) is 46.3 Å². The van der Waals surface area contributed by atoms with E-state index in [2.05, 4.69) is 24.7 Å². The highest BCUT2D eigenvalue weighted by Gasteiger charge is 2.26. The number of hydrogen-bond donors (Lipinski definition) is 3. The van der Waals surface area contributed by atoms with E-state index in [4.69, 9.17) is 0 Å². The number of para-hydroxylation sites is 1. The lowest BCUT2D eigenvalue weighted by atomic mass is 10.2. The molecule has 14 heteroatoms. The Labute approximate surface area is 200 Å². The Morgan fingerprint density at radius 1 is 1.18 bits per heavy atom. The topological polar surface area (TPSA) is 161 Å². The minimum absolute atomic E-state index is 0.165. The maximum absolute atomic E-state index is 12.4. The van der Waals surface area contributed by atoms with Crippen LogP contribution in [0.5, 0.6) is 0 Å². The minimum atomic E-state index is -3.94. The third-order valence-electron chi connectivity index (χ3n) is 5.29. The molecule has 1 saturated carbocycles. The van der Waals surface area contributed by atoms with Crippen LogP contribution < -0.4 is 15.4 Å². The minimum Gasteiger partial charge on any atom is -0.355 e. The number of carbonyl (C=O) groups is 1. The van der Waals surface area contributed by atoms with Crippen molar-refractivity contribution in [2.45, 2.75) is 49.5 Å². The largest absolute Gasteiger partial charge is 0.355 e. The highest BCUT2D eigenvalue weighted by atomic mass is 32.2. The number of sulfonamides is 1. The predicted molar refractivity (Wildman–Crippen MR) is 127 cm³/mol. The smallest absolute Gasteiger partial charge is 0.289 e. The van der Waals surface area contributed by atoms with Gasteiger partial charge in [0.25, 0.3) is 11.6 Å². The number of nitrogens with one attached hydrogen (secondary N) is 3. The average molecular weight is 508 g/mol. The zero-order chi connectivity index (χ0) is 24.1. The number of anilines is 1. The molecule has 1 amide bonds. The van der Waals surface area contributed by atoms with Gasteiger partial charge in [-0.1, -0.05) is 25.0 Å². The van der Waals surface area contributed by atoms with Gasteiger partial charge in [0.05, 0.1) is 4.92 Å². The molecule has 0 unspecified atom stereocenters. The highest BCUT2D eigenvalue weighted by Crippen LogP contribution is 2.23. The molecule has 0 bridgehead atoms. The molecule has 3 aromatic rings. The summed E-state index contributed by atoms with van der Waals surface area (Å²) in [6.07, 6.45) is 6.84. The average Bonchev–Trinajstić information content (AvgIpc) is 3.39. The number of nitrogens with zero attached hydrogens (tertiary/aromatic N) is 4. The zero-order valence-electron chi connectivity index (χ0n) is 18.3. The van der Waals surface area contributed by atoms with E-state index in [0.717, 1.165) is 32.1 Å². The lowest BCUT2D eigenvalue weighted by Gasteiger charge is -2.07. The van der Waals surface area contributed by atoms with Crippen molar-refractivity contribution in [2.75, 3.05) is 18.4 Å². The Hall–Kier alpha value is -3.10. The summed E-state index contributed by atoms with van der Waals surface area (Å²) < 4.78 is 33.3. The Morgan fingerprint density at radius 2 is 1.91 bits per heavy atom. The van der Waals surface area contributed by atoms with Crippen LogP contribution in [0, 0.1) is 10.1 Å². The summed E-state index contributed by atoms with van der Waals surface area (Å²) in [5, 5.41) is 17.2. The van der Waals surface area contributed by atoms with Crippen LogP contribution >= 0.6 is 11.5 Å². The number of hydrogen-bond acceptors (Lipinski definition) is 9. The number of imidazole rings is 1. The molecule has 12 nitrogen and oxygen atoms in total. The lowest BCUT2D eigenvalue weighted by molar-refractivity contribution is -0.387. The van der Waals surface area contributed by atoms with E-state index < -0.39 is 20.6 Å². The standard InChI is InChI=1S/C20H25N7O5S2/c28-18(23-14-9-10-14)15-13-26-19(25-33-20(26)24-15)21-11-5-1-2-6-12-22-34(31,32)17-8-4-3-7-16(17)27(29)30/h3-4,7-8,13-14,22H,1-2,5-6,9-12H2,(H,21,25)(H,23,28). The molecule has 0 atom stereocenters. The maximum Gasteiger partial charge on any atom is 0.289 e. The summed E-state index contributed by atoms with van der Waals surface area (Å²) in [5.41, 5.74) is -0.0577. The fourth-order valence-corrected chi connectivity index (χ4v) is 5.28. The van der Waals surface area contributed by atoms with Gasteiger partial charge in [-0.15, -0.1) is 0 Å². The number of aromatic nitrogens is 3. The third-order valence-corrected chi connectivity index (χ3v) is 7.51. The third kappa shape index (κ3) is 5.87. The first kappa shape index (κ1) is 24.0. The van der Waals surface area contributed by atoms with Crippen LogP contribution in [0.25, 0.3) is 4.96 Å². The van der Waals surface area contributed by atoms with Crippen LogP contribution in [-0.2, 0) is 10.0 Å². The quantitative estimate of drug-likeness (QED) is 0.181. The molecular weight excluding hydrogens is 482 g/mol. The molecule has 0 saturated heterocycles. The van der Waals surface area contributed by atoms with Gasteiger partial charge in [0, 0.05) is 42.9 Å². The monoisotopic (exact) mass is 507 g/mol. The number of nitro benzene ring substituents is 1. The maximum atomic E-state index is 12.4. The van der Waals surface area contributed by atoms with Crippen molar-refractivity contribution in [2.24, 2.45) is 0 Å². The molecule has 0 spiro atoms. The van der Waals surface area contributed by atoms with E-state index in [1.165, 1.54) is 35.8 Å². The molecule has 0 aliphatic heterocycles. The molecule has 182 valence electrons. The van der Waals surface area contributed by atoms with Crippen LogP contribution in [-0.4, -0.2) is 52.1 Å². The Bertz CT molecular complexity index is 1280. The molecule has 34 heavy (non-hydrogen) atoms. The number of fused-ring (bicyclic) bond motifs is 1. The molecule has 4 rings (SSSR count). The number of benzene rings is 1. The second-order valence-electron chi connectivity index (χ2n) is 8.00. The lowest BCUT2D eigenvalue weighted by Crippen LogP contribution is -2.25. The predicted octanol–water partition coefficient (Wildman–Crippen LogP) is 2.54. The van der Waals surface area contributed by atoms with Crippen molar-refractivity contribution in [1.82, 2.24) is 23.8 Å². The Morgan fingerprint density at radius 3 is 2.65 bits per heavy atom. The first-order chi connectivity index (χ1) is 16.3. The van der Waals surface area contributed by atoms with Crippen LogP contribution in [0.1, 0.15) is 49.0 Å². The first-order valence-electron chi connectivity index (χ1n) is 11.0. The molecule has 1 aromatic carbocycles. The summed E-state index contributed by atoms with van der Waals surface area (Å²) in [7, 11) is -3.94. The summed E-state index contributed by atoms with van der Waals surface area (Å²) in [6.45, 7) is 0.873. The molecule has 0 radical (unpaired) electrons. The van der Waals surface area contributed by atoms with Gasteiger partial charge in [0.1, 0.15) is 5.69 Å². The highest BCUT2D eigenvalue weighted by molar-refractivity contribution is 7.89. The van der Waals surface area contributed by atoms with Gasteiger partial charge >= 0.3 is 0 Å². The summed E-state index contributed by atoms with van der Waals surface area (Å²) in [6, 6.07) is 5.56. The van der Waals surface area contributed by atoms with Gasteiger partial charge in [0.2, 0.25) is 20.9 Å². The van der Waals surface area contributed by atoms with E-state index in [9.17, 15) is 23.3 Å². The van der Waals surface area contributed by atoms with Crippen LogP contribution in [0.15, 0.2) is 35.4 Å². The second kappa shape index (κ2) is 10.4. The normalized spacial score (nSPS) is 13.8. The van der Waals surface area contributed by atoms with E-state index >= 15 is 0 Å². The van der Waals surface area contributed by atoms with E-state index in [1.807, 2.05) is 0 Å². The van der Waals surface area contributed by atoms with Gasteiger partial charge in [0.15, 0.2) is 4.90 Å². The fourth-order valence-electron chi connectivity index (χ4n) is 3.34. The second-order valence-corrected chi connectivity index (χ2v) is 10.5. The number of amides is 1. The Kier molecular flexibility index (Phi) is 7.38. The van der Waals surface area contributed by atoms with Crippen LogP contribution in [0.4, 0.5) is 11.6 Å². The number of nitro groups is 1. The fraction of sp³-hybridized carbons (Fsp3) is 0.450. The molecule has 1 fully saturated rings. The van der Waals surface area contributed by atoms with Crippen LogP contribution in [0.3, 0.4) is 0 Å².